The Labute approximate surface area is 158 Å². The Morgan fingerprint density at radius 2 is 1.65 bits per heavy atom. The lowest BCUT2D eigenvalue weighted by Gasteiger charge is -2.33. The molecule has 1 amide bonds. The third-order valence-corrected chi connectivity index (χ3v) is 5.91. The summed E-state index contributed by atoms with van der Waals surface area (Å²) in [7, 11) is 0. The molecule has 1 aliphatic carbocycles. The average molecular weight is 368 g/mol. The molecule has 1 aliphatic heterocycles. The second kappa shape index (κ2) is 6.48. The zero-order valence-electron chi connectivity index (χ0n) is 14.8. The van der Waals surface area contributed by atoms with E-state index in [9.17, 15) is 9.90 Å². The van der Waals surface area contributed by atoms with Crippen LogP contribution >= 0.6 is 11.6 Å². The largest absolute Gasteiger partial charge is 0.509 e. The van der Waals surface area contributed by atoms with Crippen molar-refractivity contribution in [3.8, 4) is 11.1 Å². The molecule has 3 nitrogen and oxygen atoms in total. The second-order valence-electron chi connectivity index (χ2n) is 7.36. The minimum atomic E-state index is -0.562. The van der Waals surface area contributed by atoms with E-state index in [1.54, 1.807) is 0 Å². The van der Waals surface area contributed by atoms with E-state index in [1.807, 2.05) is 49.4 Å². The molecule has 0 radical (unpaired) electrons. The Balaban J connectivity index is 1.80. The standard InChI is InChI=1S/C22H22ClNO2/c1-14-5-6-16(15-7-9-17(23)10-8-15)13-18(14)19-20(25)22(24-21(19)26)11-3-2-4-12-22/h5-10,13,25H,2-4,11-12H2,1H3,(H,24,26). The summed E-state index contributed by atoms with van der Waals surface area (Å²) in [5.74, 6) is 0.0549. The summed E-state index contributed by atoms with van der Waals surface area (Å²) in [4.78, 5) is 12.8. The van der Waals surface area contributed by atoms with E-state index in [2.05, 4.69) is 5.32 Å². The molecule has 2 N–H and O–H groups in total. The van der Waals surface area contributed by atoms with E-state index in [-0.39, 0.29) is 11.7 Å². The summed E-state index contributed by atoms with van der Waals surface area (Å²) in [6.07, 6.45) is 4.84. The van der Waals surface area contributed by atoms with E-state index in [0.717, 1.165) is 54.4 Å². The Morgan fingerprint density at radius 1 is 1.00 bits per heavy atom. The summed E-state index contributed by atoms with van der Waals surface area (Å²) < 4.78 is 0. The highest BCUT2D eigenvalue weighted by molar-refractivity contribution is 6.30. The van der Waals surface area contributed by atoms with Crippen LogP contribution in [0.25, 0.3) is 16.7 Å². The number of rotatable bonds is 2. The summed E-state index contributed by atoms with van der Waals surface area (Å²) in [5.41, 5.74) is 3.68. The van der Waals surface area contributed by atoms with E-state index >= 15 is 0 Å². The minimum Gasteiger partial charge on any atom is -0.509 e. The predicted octanol–water partition coefficient (Wildman–Crippen LogP) is 5.42. The van der Waals surface area contributed by atoms with Crippen molar-refractivity contribution in [2.24, 2.45) is 0 Å². The molecule has 1 heterocycles. The van der Waals surface area contributed by atoms with Crippen molar-refractivity contribution in [2.75, 3.05) is 0 Å². The molecule has 0 bridgehead atoms. The number of hydrogen-bond acceptors (Lipinski definition) is 2. The third kappa shape index (κ3) is 2.80. The van der Waals surface area contributed by atoms with Crippen LogP contribution in [-0.4, -0.2) is 16.6 Å². The van der Waals surface area contributed by atoms with Gasteiger partial charge >= 0.3 is 0 Å². The van der Waals surface area contributed by atoms with Crippen molar-refractivity contribution in [1.82, 2.24) is 5.32 Å². The fraction of sp³-hybridized carbons (Fsp3) is 0.318. The Kier molecular flexibility index (Phi) is 4.28. The molecule has 0 aromatic heterocycles. The fourth-order valence-electron chi connectivity index (χ4n) is 4.17. The van der Waals surface area contributed by atoms with Crippen LogP contribution in [0, 0.1) is 6.92 Å². The van der Waals surface area contributed by atoms with Gasteiger partial charge in [0.25, 0.3) is 5.91 Å². The zero-order chi connectivity index (χ0) is 18.3. The second-order valence-corrected chi connectivity index (χ2v) is 7.79. The molecule has 2 aliphatic rings. The van der Waals surface area contributed by atoms with Gasteiger partial charge in [-0.1, -0.05) is 55.1 Å². The zero-order valence-corrected chi connectivity index (χ0v) is 15.6. The molecule has 0 saturated heterocycles. The molecule has 4 heteroatoms. The van der Waals surface area contributed by atoms with Gasteiger partial charge in [0, 0.05) is 5.02 Å². The number of amides is 1. The van der Waals surface area contributed by atoms with Crippen LogP contribution in [0.15, 0.2) is 48.2 Å². The molecule has 1 saturated carbocycles. The smallest absolute Gasteiger partial charge is 0.256 e. The average Bonchev–Trinajstić information content (AvgIpc) is 2.87. The molecule has 1 spiro atoms. The van der Waals surface area contributed by atoms with E-state index in [0.29, 0.717) is 10.6 Å². The normalized spacial score (nSPS) is 19.1. The Morgan fingerprint density at radius 3 is 2.35 bits per heavy atom. The maximum absolute atomic E-state index is 12.8. The Bertz CT molecular complexity index is 893. The molecule has 2 aromatic carbocycles. The van der Waals surface area contributed by atoms with Crippen LogP contribution in [-0.2, 0) is 4.79 Å². The number of carbonyl (C=O) groups is 1. The van der Waals surface area contributed by atoms with Gasteiger partial charge < -0.3 is 10.4 Å². The monoisotopic (exact) mass is 367 g/mol. The van der Waals surface area contributed by atoms with Crippen LogP contribution in [0.3, 0.4) is 0 Å². The fourth-order valence-corrected chi connectivity index (χ4v) is 4.29. The summed E-state index contributed by atoms with van der Waals surface area (Å²) in [6, 6.07) is 13.6. The topological polar surface area (TPSA) is 49.3 Å². The van der Waals surface area contributed by atoms with Gasteiger partial charge in [-0.3, -0.25) is 4.79 Å². The molecular weight excluding hydrogens is 346 g/mol. The van der Waals surface area contributed by atoms with Crippen molar-refractivity contribution >= 4 is 23.1 Å². The van der Waals surface area contributed by atoms with Crippen molar-refractivity contribution in [2.45, 2.75) is 44.6 Å². The molecule has 2 aromatic rings. The van der Waals surface area contributed by atoms with Crippen molar-refractivity contribution < 1.29 is 9.90 Å². The van der Waals surface area contributed by atoms with Crippen LogP contribution in [0.4, 0.5) is 0 Å². The van der Waals surface area contributed by atoms with Gasteiger partial charge in [-0.2, -0.15) is 0 Å². The quantitative estimate of drug-likeness (QED) is 0.744. The van der Waals surface area contributed by atoms with E-state index < -0.39 is 5.54 Å². The highest BCUT2D eigenvalue weighted by Crippen LogP contribution is 2.42. The van der Waals surface area contributed by atoms with Gasteiger partial charge in [0.2, 0.25) is 0 Å². The maximum atomic E-state index is 12.8. The number of aliphatic hydroxyl groups excluding tert-OH is 1. The number of carbonyl (C=O) groups excluding carboxylic acids is 1. The minimum absolute atomic E-state index is 0.166. The summed E-state index contributed by atoms with van der Waals surface area (Å²) in [6.45, 7) is 1.97. The molecule has 0 unspecified atom stereocenters. The van der Waals surface area contributed by atoms with E-state index in [4.69, 9.17) is 11.6 Å². The van der Waals surface area contributed by atoms with Crippen molar-refractivity contribution in [3.05, 3.63) is 64.4 Å². The molecule has 0 atom stereocenters. The first-order valence-electron chi connectivity index (χ1n) is 9.13. The Hall–Kier alpha value is -2.26. The first kappa shape index (κ1) is 17.2. The van der Waals surface area contributed by atoms with Gasteiger partial charge in [0.05, 0.1) is 11.1 Å². The first-order chi connectivity index (χ1) is 12.5. The molecular formula is C22H22ClNO2. The lowest BCUT2D eigenvalue weighted by Crippen LogP contribution is -2.46. The van der Waals surface area contributed by atoms with Crippen LogP contribution in [0.2, 0.25) is 5.02 Å². The molecule has 1 fully saturated rings. The number of hydrogen-bond donors (Lipinski definition) is 2. The highest BCUT2D eigenvalue weighted by Gasteiger charge is 2.46. The lowest BCUT2D eigenvalue weighted by molar-refractivity contribution is -0.116. The van der Waals surface area contributed by atoms with Gasteiger partial charge in [0.1, 0.15) is 5.76 Å². The van der Waals surface area contributed by atoms with Gasteiger partial charge in [-0.15, -0.1) is 0 Å². The summed E-state index contributed by atoms with van der Waals surface area (Å²) in [5, 5.41) is 14.8. The highest BCUT2D eigenvalue weighted by atomic mass is 35.5. The molecule has 4 rings (SSSR count). The molecule has 26 heavy (non-hydrogen) atoms. The maximum Gasteiger partial charge on any atom is 0.256 e. The van der Waals surface area contributed by atoms with Gasteiger partial charge in [-0.25, -0.2) is 0 Å². The number of benzene rings is 2. The van der Waals surface area contributed by atoms with Crippen LogP contribution in [0.1, 0.15) is 43.2 Å². The third-order valence-electron chi connectivity index (χ3n) is 5.66. The number of halogens is 1. The van der Waals surface area contributed by atoms with Crippen molar-refractivity contribution in [3.63, 3.8) is 0 Å². The van der Waals surface area contributed by atoms with Gasteiger partial charge in [-0.05, 0) is 60.2 Å². The SMILES string of the molecule is Cc1ccc(-c2ccc(Cl)cc2)cc1C1=C(O)C2(CCCCC2)NC1=O. The van der Waals surface area contributed by atoms with Crippen molar-refractivity contribution in [1.29, 1.82) is 0 Å². The summed E-state index contributed by atoms with van der Waals surface area (Å²) >= 11 is 5.99. The van der Waals surface area contributed by atoms with Gasteiger partial charge in [0.15, 0.2) is 0 Å². The van der Waals surface area contributed by atoms with Crippen LogP contribution in [0.5, 0.6) is 0 Å². The predicted molar refractivity (Wildman–Crippen MR) is 105 cm³/mol. The molecule has 134 valence electrons. The number of aliphatic hydroxyl groups is 1. The van der Waals surface area contributed by atoms with E-state index in [1.165, 1.54) is 0 Å². The lowest BCUT2D eigenvalue weighted by atomic mass is 9.80. The number of nitrogens with one attached hydrogen (secondary N) is 1. The van der Waals surface area contributed by atoms with Crippen LogP contribution < -0.4 is 5.32 Å². The number of aryl methyl sites for hydroxylation is 1. The first-order valence-corrected chi connectivity index (χ1v) is 9.51.